The van der Waals surface area contributed by atoms with Gasteiger partial charge >= 0.3 is 6.09 Å². The number of hydrogen-bond donors (Lipinski definition) is 1. The lowest BCUT2D eigenvalue weighted by Gasteiger charge is -2.40. The van der Waals surface area contributed by atoms with E-state index in [-0.39, 0.29) is 12.0 Å². The smallest absolute Gasteiger partial charge is 0.410 e. The van der Waals surface area contributed by atoms with E-state index in [1.165, 1.54) is 0 Å². The highest BCUT2D eigenvalue weighted by atomic mass is 32.1. The average Bonchev–Trinajstić information content (AvgIpc) is 3.22. The number of pyridine rings is 1. The number of amides is 2. The SMILES string of the molecule is Cc1cnc(Nc2cccc(C3CCN(C(=O)C4CCCCN4C(=O)OC(C)(C)C)CC3)n2)s1. The highest BCUT2D eigenvalue weighted by Gasteiger charge is 2.38. The molecule has 2 amide bonds. The fourth-order valence-electron chi connectivity index (χ4n) is 4.60. The minimum absolute atomic E-state index is 0.0477. The summed E-state index contributed by atoms with van der Waals surface area (Å²) in [6.45, 7) is 9.51. The molecule has 2 aliphatic heterocycles. The highest BCUT2D eigenvalue weighted by Crippen LogP contribution is 2.30. The molecule has 1 N–H and O–H groups in total. The molecule has 2 fully saturated rings. The minimum atomic E-state index is -0.574. The molecule has 1 unspecified atom stereocenters. The number of thiazole rings is 1. The Morgan fingerprint density at radius 2 is 1.88 bits per heavy atom. The van der Waals surface area contributed by atoms with E-state index < -0.39 is 11.6 Å². The maximum atomic E-state index is 13.4. The predicted octanol–water partition coefficient (Wildman–Crippen LogP) is 5.09. The number of carbonyl (C=O) groups is 2. The second kappa shape index (κ2) is 10.3. The molecule has 4 rings (SSSR count). The number of likely N-dealkylation sites (tertiary alicyclic amines) is 2. The molecule has 4 heterocycles. The Morgan fingerprint density at radius 3 is 2.56 bits per heavy atom. The van der Waals surface area contributed by atoms with Gasteiger partial charge in [-0.25, -0.2) is 14.8 Å². The van der Waals surface area contributed by atoms with Gasteiger partial charge in [-0.05, 0) is 71.9 Å². The summed E-state index contributed by atoms with van der Waals surface area (Å²) >= 11 is 1.60. The first kappa shape index (κ1) is 24.4. The minimum Gasteiger partial charge on any atom is -0.444 e. The largest absolute Gasteiger partial charge is 0.444 e. The monoisotopic (exact) mass is 485 g/mol. The van der Waals surface area contributed by atoms with E-state index in [0.717, 1.165) is 47.2 Å². The van der Waals surface area contributed by atoms with E-state index in [9.17, 15) is 9.59 Å². The van der Waals surface area contributed by atoms with E-state index in [1.807, 2.05) is 50.9 Å². The normalized spacial score (nSPS) is 19.7. The molecule has 8 nitrogen and oxygen atoms in total. The van der Waals surface area contributed by atoms with Crippen LogP contribution in [0.5, 0.6) is 0 Å². The van der Waals surface area contributed by atoms with Gasteiger partial charge in [0.15, 0.2) is 5.13 Å². The second-order valence-corrected chi connectivity index (χ2v) is 11.4. The summed E-state index contributed by atoms with van der Waals surface area (Å²) in [5.41, 5.74) is 0.466. The number of hydrogen-bond acceptors (Lipinski definition) is 7. The van der Waals surface area contributed by atoms with Crippen molar-refractivity contribution >= 4 is 34.3 Å². The van der Waals surface area contributed by atoms with E-state index in [2.05, 4.69) is 16.4 Å². The zero-order valence-electron chi connectivity index (χ0n) is 20.5. The third kappa shape index (κ3) is 6.05. The zero-order chi connectivity index (χ0) is 24.3. The number of rotatable bonds is 4. The summed E-state index contributed by atoms with van der Waals surface area (Å²) in [5, 5.41) is 4.13. The Bertz CT molecular complexity index is 1010. The van der Waals surface area contributed by atoms with Crippen LogP contribution in [0.1, 0.15) is 69.4 Å². The van der Waals surface area contributed by atoms with Crippen molar-refractivity contribution in [2.24, 2.45) is 0 Å². The van der Waals surface area contributed by atoms with Crippen LogP contribution in [0.2, 0.25) is 0 Å². The average molecular weight is 486 g/mol. The number of aryl methyl sites for hydroxylation is 1. The van der Waals surface area contributed by atoms with Gasteiger partial charge in [0.05, 0.1) is 0 Å². The molecule has 0 aromatic carbocycles. The van der Waals surface area contributed by atoms with Crippen LogP contribution in [-0.2, 0) is 9.53 Å². The summed E-state index contributed by atoms with van der Waals surface area (Å²) in [6, 6.07) is 5.61. The van der Waals surface area contributed by atoms with Crippen molar-refractivity contribution in [3.63, 3.8) is 0 Å². The number of ether oxygens (including phenoxy) is 1. The van der Waals surface area contributed by atoms with Gasteiger partial charge in [0.25, 0.3) is 0 Å². The van der Waals surface area contributed by atoms with Crippen LogP contribution in [0.4, 0.5) is 15.7 Å². The number of anilines is 2. The molecule has 2 aromatic heterocycles. The Hall–Kier alpha value is -2.68. The fourth-order valence-corrected chi connectivity index (χ4v) is 5.28. The highest BCUT2D eigenvalue weighted by molar-refractivity contribution is 7.15. The Labute approximate surface area is 205 Å². The van der Waals surface area contributed by atoms with Crippen molar-refractivity contribution in [1.82, 2.24) is 19.8 Å². The quantitative estimate of drug-likeness (QED) is 0.649. The first-order chi connectivity index (χ1) is 16.2. The number of nitrogens with one attached hydrogen (secondary N) is 1. The van der Waals surface area contributed by atoms with Crippen molar-refractivity contribution in [2.75, 3.05) is 25.0 Å². The van der Waals surface area contributed by atoms with Crippen molar-refractivity contribution in [3.8, 4) is 0 Å². The van der Waals surface area contributed by atoms with Gasteiger partial charge in [-0.3, -0.25) is 9.69 Å². The van der Waals surface area contributed by atoms with Crippen LogP contribution in [0.3, 0.4) is 0 Å². The Balaban J connectivity index is 1.36. The first-order valence-electron chi connectivity index (χ1n) is 12.1. The van der Waals surface area contributed by atoms with Crippen LogP contribution in [-0.4, -0.2) is 63.0 Å². The molecule has 2 aromatic rings. The van der Waals surface area contributed by atoms with Crippen molar-refractivity contribution in [2.45, 2.75) is 77.4 Å². The summed E-state index contributed by atoms with van der Waals surface area (Å²) in [4.78, 5) is 40.0. The van der Waals surface area contributed by atoms with Gasteiger partial charge in [-0.1, -0.05) is 6.07 Å². The lowest BCUT2D eigenvalue weighted by atomic mass is 9.92. The molecule has 1 atom stereocenters. The van der Waals surface area contributed by atoms with Crippen molar-refractivity contribution in [3.05, 3.63) is 35.0 Å². The molecule has 0 bridgehead atoms. The molecule has 184 valence electrons. The molecule has 9 heteroatoms. The Kier molecular flexibility index (Phi) is 7.40. The number of carbonyl (C=O) groups excluding carboxylic acids is 2. The van der Waals surface area contributed by atoms with Crippen LogP contribution in [0, 0.1) is 6.92 Å². The van der Waals surface area contributed by atoms with Crippen LogP contribution in [0.15, 0.2) is 24.4 Å². The molecule has 0 aliphatic carbocycles. The summed E-state index contributed by atoms with van der Waals surface area (Å²) in [7, 11) is 0. The lowest BCUT2D eigenvalue weighted by molar-refractivity contribution is -0.139. The number of aromatic nitrogens is 2. The third-order valence-corrected chi connectivity index (χ3v) is 7.10. The van der Waals surface area contributed by atoms with Gasteiger partial charge in [-0.15, -0.1) is 11.3 Å². The maximum absolute atomic E-state index is 13.4. The lowest BCUT2D eigenvalue weighted by Crippen LogP contribution is -2.55. The summed E-state index contributed by atoms with van der Waals surface area (Å²) in [6.07, 6.45) is 5.74. The zero-order valence-corrected chi connectivity index (χ0v) is 21.4. The van der Waals surface area contributed by atoms with Gasteiger partial charge < -0.3 is 15.0 Å². The van der Waals surface area contributed by atoms with Gasteiger partial charge in [-0.2, -0.15) is 0 Å². The molecule has 2 aliphatic rings. The van der Waals surface area contributed by atoms with Crippen LogP contribution < -0.4 is 5.32 Å². The molecular weight excluding hydrogens is 450 g/mol. The van der Waals surface area contributed by atoms with Gasteiger partial charge in [0.1, 0.15) is 17.5 Å². The van der Waals surface area contributed by atoms with Crippen molar-refractivity contribution < 1.29 is 14.3 Å². The Morgan fingerprint density at radius 1 is 1.12 bits per heavy atom. The molecule has 0 saturated carbocycles. The predicted molar refractivity (Wildman–Crippen MR) is 134 cm³/mol. The van der Waals surface area contributed by atoms with E-state index in [4.69, 9.17) is 9.72 Å². The van der Waals surface area contributed by atoms with Crippen LogP contribution >= 0.6 is 11.3 Å². The fraction of sp³-hybridized carbons (Fsp3) is 0.600. The number of nitrogens with zero attached hydrogens (tertiary/aromatic N) is 4. The van der Waals surface area contributed by atoms with Crippen molar-refractivity contribution in [1.29, 1.82) is 0 Å². The van der Waals surface area contributed by atoms with E-state index in [0.29, 0.717) is 32.0 Å². The topological polar surface area (TPSA) is 87.7 Å². The standard InChI is InChI=1S/C25H35N5O3S/c1-17-16-26-23(34-17)28-21-10-7-8-19(27-21)18-11-14-29(15-12-18)22(31)20-9-5-6-13-30(20)24(32)33-25(2,3)4/h7-8,10,16,18,20H,5-6,9,11-15H2,1-4H3,(H,26,27,28). The van der Waals surface area contributed by atoms with Crippen LogP contribution in [0.25, 0.3) is 0 Å². The second-order valence-electron chi connectivity index (χ2n) is 10.1. The van der Waals surface area contributed by atoms with Gasteiger partial charge in [0.2, 0.25) is 5.91 Å². The third-order valence-electron chi connectivity index (χ3n) is 6.27. The molecular formula is C25H35N5O3S. The maximum Gasteiger partial charge on any atom is 0.410 e. The summed E-state index contributed by atoms with van der Waals surface area (Å²) < 4.78 is 5.57. The van der Waals surface area contributed by atoms with Gasteiger partial charge in [0, 0.05) is 42.3 Å². The molecule has 0 spiro atoms. The molecule has 2 saturated heterocycles. The van der Waals surface area contributed by atoms with E-state index >= 15 is 0 Å². The molecule has 0 radical (unpaired) electrons. The molecule has 34 heavy (non-hydrogen) atoms. The first-order valence-corrected chi connectivity index (χ1v) is 13.0. The number of piperidine rings is 2. The van der Waals surface area contributed by atoms with E-state index in [1.54, 1.807) is 16.2 Å². The summed E-state index contributed by atoms with van der Waals surface area (Å²) in [5.74, 6) is 1.14.